The molecule has 1 aliphatic rings. The highest BCUT2D eigenvalue weighted by molar-refractivity contribution is 6.32. The first-order valence-electron chi connectivity index (χ1n) is 13.1. The zero-order valence-corrected chi connectivity index (χ0v) is 23.0. The van der Waals surface area contributed by atoms with Crippen molar-refractivity contribution in [1.29, 1.82) is 0 Å². The van der Waals surface area contributed by atoms with Crippen LogP contribution in [-0.4, -0.2) is 52.0 Å². The Hall–Kier alpha value is -4.21. The minimum atomic E-state index is -0.329. The number of hydrogen-bond acceptors (Lipinski definition) is 8. The van der Waals surface area contributed by atoms with Gasteiger partial charge in [-0.25, -0.2) is 9.97 Å². The fraction of sp³-hybridized carbons (Fsp3) is 0.267. The van der Waals surface area contributed by atoms with Gasteiger partial charge in [-0.1, -0.05) is 24.2 Å². The molecule has 0 radical (unpaired) electrons. The Morgan fingerprint density at radius 3 is 2.83 bits per heavy atom. The average molecular weight is 559 g/mol. The maximum absolute atomic E-state index is 12.3. The Morgan fingerprint density at radius 2 is 2.02 bits per heavy atom. The molecule has 2 N–H and O–H groups in total. The lowest BCUT2D eigenvalue weighted by Gasteiger charge is -2.21. The van der Waals surface area contributed by atoms with Crippen molar-refractivity contribution >= 4 is 45.6 Å². The number of fused-ring (bicyclic) bond motifs is 1. The molecule has 206 valence electrons. The van der Waals surface area contributed by atoms with E-state index < -0.39 is 0 Å². The molecule has 9 nitrogen and oxygen atoms in total. The van der Waals surface area contributed by atoms with Crippen LogP contribution < -0.4 is 20.1 Å². The summed E-state index contributed by atoms with van der Waals surface area (Å²) in [6.45, 7) is 5.89. The van der Waals surface area contributed by atoms with Crippen molar-refractivity contribution < 1.29 is 14.3 Å². The Balaban J connectivity index is 1.39. The molecule has 1 atom stereocenters. The summed E-state index contributed by atoms with van der Waals surface area (Å²) in [6.07, 6.45) is 7.38. The largest absolute Gasteiger partial charge is 0.488 e. The van der Waals surface area contributed by atoms with Crippen LogP contribution in [0.2, 0.25) is 5.02 Å². The number of carbonyl (C=O) groups is 1. The highest BCUT2D eigenvalue weighted by Gasteiger charge is 2.20. The van der Waals surface area contributed by atoms with Crippen molar-refractivity contribution in [3.8, 4) is 11.5 Å². The number of carbonyl (C=O) groups excluding carboxylic acids is 1. The first-order chi connectivity index (χ1) is 19.5. The fourth-order valence-electron chi connectivity index (χ4n) is 4.54. The van der Waals surface area contributed by atoms with E-state index in [0.717, 1.165) is 43.7 Å². The van der Waals surface area contributed by atoms with Gasteiger partial charge in [0, 0.05) is 29.9 Å². The summed E-state index contributed by atoms with van der Waals surface area (Å²) in [6, 6.07) is 14.7. The van der Waals surface area contributed by atoms with E-state index in [9.17, 15) is 4.79 Å². The van der Waals surface area contributed by atoms with Gasteiger partial charge in [0.05, 0.1) is 21.9 Å². The van der Waals surface area contributed by atoms with Crippen LogP contribution in [0.15, 0.2) is 73.7 Å². The molecular formula is C30H31ClN6O3. The van der Waals surface area contributed by atoms with Crippen molar-refractivity contribution in [3.63, 3.8) is 0 Å². The number of pyridine rings is 1. The number of ether oxygens (including phenoxy) is 2. The van der Waals surface area contributed by atoms with Crippen LogP contribution in [-0.2, 0) is 11.4 Å². The van der Waals surface area contributed by atoms with Crippen molar-refractivity contribution in [2.75, 3.05) is 30.8 Å². The van der Waals surface area contributed by atoms with Gasteiger partial charge in [-0.15, -0.1) is 0 Å². The second-order valence-corrected chi connectivity index (χ2v) is 10.0. The lowest BCUT2D eigenvalue weighted by molar-refractivity contribution is -0.111. The molecule has 40 heavy (non-hydrogen) atoms. The van der Waals surface area contributed by atoms with E-state index in [-0.39, 0.29) is 12.0 Å². The van der Waals surface area contributed by atoms with Crippen molar-refractivity contribution in [1.82, 2.24) is 19.9 Å². The number of benzene rings is 2. The molecular weight excluding hydrogens is 528 g/mol. The highest BCUT2D eigenvalue weighted by Crippen LogP contribution is 2.36. The zero-order valence-electron chi connectivity index (χ0n) is 22.3. The number of anilines is 3. The van der Waals surface area contributed by atoms with Crippen molar-refractivity contribution in [3.05, 3.63) is 84.4 Å². The quantitative estimate of drug-likeness (QED) is 0.242. The van der Waals surface area contributed by atoms with E-state index >= 15 is 0 Å². The van der Waals surface area contributed by atoms with Crippen LogP contribution in [0.4, 0.5) is 17.2 Å². The third-order valence-electron chi connectivity index (χ3n) is 6.67. The molecule has 1 unspecified atom stereocenters. The smallest absolute Gasteiger partial charge is 0.247 e. The van der Waals surface area contributed by atoms with Gasteiger partial charge in [-0.2, -0.15) is 0 Å². The van der Waals surface area contributed by atoms with E-state index in [1.807, 2.05) is 36.4 Å². The molecule has 1 fully saturated rings. The Kier molecular flexibility index (Phi) is 8.73. The van der Waals surface area contributed by atoms with Crippen LogP contribution in [0.25, 0.3) is 10.9 Å². The molecule has 1 saturated heterocycles. The standard InChI is InChI=1S/C30H31ClN6O3/c1-3-29(38)36-26-16-23-25(17-28(26)40-22-8-6-13-37(2)14-11-22)33-19-34-30(23)35-20-9-10-27(24(31)15-20)39-18-21-7-4-5-12-32-21/h3-5,7,9-10,12,15-17,19,22H,1,6,8,11,13-14,18H2,2H3,(H,36,38)(H,33,34,35). The fourth-order valence-corrected chi connectivity index (χ4v) is 4.77. The molecule has 2 aromatic carbocycles. The number of nitrogens with one attached hydrogen (secondary N) is 2. The number of aromatic nitrogens is 3. The van der Waals surface area contributed by atoms with Crippen molar-refractivity contribution in [2.24, 2.45) is 0 Å². The first kappa shape index (κ1) is 27.4. The third-order valence-corrected chi connectivity index (χ3v) is 6.96. The summed E-state index contributed by atoms with van der Waals surface area (Å²) in [5.74, 6) is 1.34. The summed E-state index contributed by atoms with van der Waals surface area (Å²) in [5, 5.41) is 7.35. The number of amides is 1. The minimum Gasteiger partial charge on any atom is -0.488 e. The second-order valence-electron chi connectivity index (χ2n) is 9.64. The Morgan fingerprint density at radius 1 is 1.12 bits per heavy atom. The summed E-state index contributed by atoms with van der Waals surface area (Å²) in [4.78, 5) is 27.8. The summed E-state index contributed by atoms with van der Waals surface area (Å²) >= 11 is 6.52. The molecule has 0 aliphatic carbocycles. The van der Waals surface area contributed by atoms with E-state index in [2.05, 4.69) is 44.1 Å². The maximum Gasteiger partial charge on any atom is 0.247 e. The SMILES string of the molecule is C=CC(=O)Nc1cc2c(Nc3ccc(OCc4ccccn4)c(Cl)c3)ncnc2cc1OC1CCCN(C)CC1. The summed E-state index contributed by atoms with van der Waals surface area (Å²) in [7, 11) is 2.12. The molecule has 1 amide bonds. The third kappa shape index (κ3) is 6.86. The van der Waals surface area contributed by atoms with Gasteiger partial charge >= 0.3 is 0 Å². The first-order valence-corrected chi connectivity index (χ1v) is 13.5. The molecule has 3 heterocycles. The van der Waals surface area contributed by atoms with Gasteiger partial charge in [0.1, 0.15) is 36.4 Å². The molecule has 0 spiro atoms. The normalized spacial score (nSPS) is 15.7. The van der Waals surface area contributed by atoms with Gasteiger partial charge in [-0.05, 0) is 75.3 Å². The summed E-state index contributed by atoms with van der Waals surface area (Å²) in [5.41, 5.74) is 2.73. The Labute approximate surface area is 238 Å². The number of hydrogen-bond donors (Lipinski definition) is 2. The molecule has 10 heteroatoms. The summed E-state index contributed by atoms with van der Waals surface area (Å²) < 4.78 is 12.3. The molecule has 4 aromatic rings. The van der Waals surface area contributed by atoms with Crippen LogP contribution in [0.1, 0.15) is 25.0 Å². The lowest BCUT2D eigenvalue weighted by atomic mass is 10.1. The van der Waals surface area contributed by atoms with Crippen LogP contribution in [0.3, 0.4) is 0 Å². The van der Waals surface area contributed by atoms with Crippen molar-refractivity contribution in [2.45, 2.75) is 32.0 Å². The topological polar surface area (TPSA) is 102 Å². The highest BCUT2D eigenvalue weighted by atomic mass is 35.5. The van der Waals surface area contributed by atoms with Gasteiger partial charge in [0.2, 0.25) is 5.91 Å². The van der Waals surface area contributed by atoms with E-state index in [1.165, 1.54) is 12.4 Å². The number of rotatable bonds is 9. The predicted molar refractivity (Wildman–Crippen MR) is 157 cm³/mol. The van der Waals surface area contributed by atoms with Gasteiger partial charge in [0.15, 0.2) is 0 Å². The molecule has 2 aromatic heterocycles. The van der Waals surface area contributed by atoms with E-state index in [4.69, 9.17) is 21.1 Å². The van der Waals surface area contributed by atoms with Gasteiger partial charge in [-0.3, -0.25) is 9.78 Å². The van der Waals surface area contributed by atoms with Gasteiger partial charge < -0.3 is 25.0 Å². The zero-order chi connectivity index (χ0) is 27.9. The average Bonchev–Trinajstić information content (AvgIpc) is 3.17. The molecule has 1 aliphatic heterocycles. The predicted octanol–water partition coefficient (Wildman–Crippen LogP) is 5.99. The molecule has 0 saturated carbocycles. The monoisotopic (exact) mass is 558 g/mol. The Bertz CT molecular complexity index is 1500. The van der Waals surface area contributed by atoms with E-state index in [1.54, 1.807) is 18.3 Å². The van der Waals surface area contributed by atoms with E-state index in [0.29, 0.717) is 45.5 Å². The number of nitrogens with zero attached hydrogens (tertiary/aromatic N) is 4. The lowest BCUT2D eigenvalue weighted by Crippen LogP contribution is -2.22. The van der Waals surface area contributed by atoms with Gasteiger partial charge in [0.25, 0.3) is 0 Å². The second kappa shape index (κ2) is 12.8. The molecule has 5 rings (SSSR count). The van der Waals surface area contributed by atoms with Crippen LogP contribution >= 0.6 is 11.6 Å². The van der Waals surface area contributed by atoms with Crippen LogP contribution in [0.5, 0.6) is 11.5 Å². The van der Waals surface area contributed by atoms with Crippen LogP contribution in [0, 0.1) is 0 Å². The minimum absolute atomic E-state index is 0.0433. The number of likely N-dealkylation sites (tertiary alicyclic amines) is 1. The maximum atomic E-state index is 12.3. The molecule has 0 bridgehead atoms. The number of halogens is 1.